The van der Waals surface area contributed by atoms with Gasteiger partial charge in [-0.2, -0.15) is 4.98 Å². The van der Waals surface area contributed by atoms with Crippen LogP contribution in [0.2, 0.25) is 0 Å². The summed E-state index contributed by atoms with van der Waals surface area (Å²) in [6.07, 6.45) is 2.23. The summed E-state index contributed by atoms with van der Waals surface area (Å²) in [5.41, 5.74) is 0.778. The smallest absolute Gasteiger partial charge is 0.229 e. The van der Waals surface area contributed by atoms with Crippen LogP contribution in [0, 0.1) is 0 Å². The summed E-state index contributed by atoms with van der Waals surface area (Å²) in [4.78, 5) is 8.60. The highest BCUT2D eigenvalue weighted by atomic mass is 32.2. The van der Waals surface area contributed by atoms with Crippen molar-refractivity contribution in [3.8, 4) is 5.75 Å². The zero-order valence-corrected chi connectivity index (χ0v) is 14.2. The Morgan fingerprint density at radius 2 is 2.12 bits per heavy atom. The molecule has 1 atom stereocenters. The molecule has 0 saturated carbocycles. The number of hydrogen-bond acceptors (Lipinski definition) is 7. The number of aromatic nitrogens is 2. The van der Waals surface area contributed by atoms with E-state index >= 15 is 0 Å². The van der Waals surface area contributed by atoms with Gasteiger partial charge in [-0.15, -0.1) is 0 Å². The maximum Gasteiger partial charge on any atom is 0.229 e. The summed E-state index contributed by atoms with van der Waals surface area (Å²) in [5, 5.41) is 6.29. The first-order chi connectivity index (χ1) is 11.6. The van der Waals surface area contributed by atoms with Gasteiger partial charge < -0.3 is 15.4 Å². The molecule has 1 aliphatic rings. The lowest BCUT2D eigenvalue weighted by molar-refractivity contribution is 0.342. The molecule has 2 heterocycles. The fourth-order valence-corrected chi connectivity index (χ4v) is 4.26. The van der Waals surface area contributed by atoms with Gasteiger partial charge >= 0.3 is 0 Å². The molecule has 3 rings (SSSR count). The SMILES string of the molecule is CCOc1ccccc1Nc1nccc(NC2CCS(=O)(=O)C2)n1. The molecule has 1 saturated heterocycles. The number of sulfone groups is 1. The molecular formula is C16H20N4O3S. The van der Waals surface area contributed by atoms with E-state index in [9.17, 15) is 8.42 Å². The van der Waals surface area contributed by atoms with Crippen molar-refractivity contribution in [3.05, 3.63) is 36.5 Å². The molecule has 2 aromatic rings. The largest absolute Gasteiger partial charge is 0.492 e. The van der Waals surface area contributed by atoms with E-state index in [1.807, 2.05) is 31.2 Å². The van der Waals surface area contributed by atoms with Gasteiger partial charge in [0.25, 0.3) is 0 Å². The number of para-hydroxylation sites is 2. The van der Waals surface area contributed by atoms with E-state index in [-0.39, 0.29) is 17.5 Å². The van der Waals surface area contributed by atoms with Gasteiger partial charge in [-0.1, -0.05) is 12.1 Å². The molecule has 1 fully saturated rings. The molecular weight excluding hydrogens is 328 g/mol. The minimum absolute atomic E-state index is 0.103. The molecule has 0 amide bonds. The first-order valence-corrected chi connectivity index (χ1v) is 9.67. The fraction of sp³-hybridized carbons (Fsp3) is 0.375. The molecule has 1 aromatic heterocycles. The summed E-state index contributed by atoms with van der Waals surface area (Å²) >= 11 is 0. The minimum Gasteiger partial charge on any atom is -0.492 e. The number of nitrogens with one attached hydrogen (secondary N) is 2. The number of hydrogen-bond donors (Lipinski definition) is 2. The van der Waals surface area contributed by atoms with Crippen molar-refractivity contribution in [3.63, 3.8) is 0 Å². The molecule has 0 bridgehead atoms. The fourth-order valence-electron chi connectivity index (χ4n) is 2.59. The first-order valence-electron chi connectivity index (χ1n) is 7.84. The van der Waals surface area contributed by atoms with Gasteiger partial charge in [-0.05, 0) is 31.5 Å². The molecule has 24 heavy (non-hydrogen) atoms. The summed E-state index contributed by atoms with van der Waals surface area (Å²) in [6, 6.07) is 9.18. The normalized spacial score (nSPS) is 19.0. The van der Waals surface area contributed by atoms with Gasteiger partial charge in [-0.25, -0.2) is 13.4 Å². The first kappa shape index (κ1) is 16.5. The third-order valence-corrected chi connectivity index (χ3v) is 5.44. The Kier molecular flexibility index (Phi) is 4.84. The van der Waals surface area contributed by atoms with Crippen molar-refractivity contribution in [2.45, 2.75) is 19.4 Å². The van der Waals surface area contributed by atoms with Crippen LogP contribution in [0.4, 0.5) is 17.5 Å². The second kappa shape index (κ2) is 7.04. The van der Waals surface area contributed by atoms with E-state index in [1.165, 1.54) is 0 Å². The van der Waals surface area contributed by atoms with Crippen LogP contribution in [0.5, 0.6) is 5.75 Å². The monoisotopic (exact) mass is 348 g/mol. The molecule has 1 unspecified atom stereocenters. The molecule has 0 spiro atoms. The predicted molar refractivity (Wildman–Crippen MR) is 93.6 cm³/mol. The highest BCUT2D eigenvalue weighted by Gasteiger charge is 2.27. The number of ether oxygens (including phenoxy) is 1. The van der Waals surface area contributed by atoms with Gasteiger partial charge in [0.05, 0.1) is 23.8 Å². The maximum absolute atomic E-state index is 11.5. The number of rotatable bonds is 6. The van der Waals surface area contributed by atoms with E-state index in [1.54, 1.807) is 12.3 Å². The molecule has 8 heteroatoms. The van der Waals surface area contributed by atoms with Crippen LogP contribution in [0.3, 0.4) is 0 Å². The lowest BCUT2D eigenvalue weighted by Crippen LogP contribution is -2.21. The average molecular weight is 348 g/mol. The van der Waals surface area contributed by atoms with Gasteiger partial charge in [0.1, 0.15) is 11.6 Å². The average Bonchev–Trinajstić information content (AvgIpc) is 2.89. The zero-order valence-electron chi connectivity index (χ0n) is 13.4. The standard InChI is InChI=1S/C16H20N4O3S/c1-2-23-14-6-4-3-5-13(14)19-16-17-9-7-15(20-16)18-12-8-10-24(21,22)11-12/h3-7,9,12H,2,8,10-11H2,1H3,(H2,17,18,19,20). The topological polar surface area (TPSA) is 93.2 Å². The minimum atomic E-state index is -2.92. The van der Waals surface area contributed by atoms with Crippen molar-refractivity contribution < 1.29 is 13.2 Å². The van der Waals surface area contributed by atoms with Crippen LogP contribution in [0.15, 0.2) is 36.5 Å². The van der Waals surface area contributed by atoms with Crippen molar-refractivity contribution in [1.82, 2.24) is 9.97 Å². The van der Waals surface area contributed by atoms with Crippen LogP contribution in [0.1, 0.15) is 13.3 Å². The molecule has 7 nitrogen and oxygen atoms in total. The quantitative estimate of drug-likeness (QED) is 0.827. The van der Waals surface area contributed by atoms with Crippen molar-refractivity contribution in [2.75, 3.05) is 28.7 Å². The summed E-state index contributed by atoms with van der Waals surface area (Å²) in [7, 11) is -2.92. The van der Waals surface area contributed by atoms with Crippen molar-refractivity contribution in [1.29, 1.82) is 0 Å². The second-order valence-corrected chi connectivity index (χ2v) is 7.79. The highest BCUT2D eigenvalue weighted by molar-refractivity contribution is 7.91. The van der Waals surface area contributed by atoms with E-state index < -0.39 is 9.84 Å². The summed E-state index contributed by atoms with van der Waals surface area (Å²) in [6.45, 7) is 2.49. The molecule has 1 aliphatic heterocycles. The molecule has 1 aromatic carbocycles. The number of nitrogens with zero attached hydrogens (tertiary/aromatic N) is 2. The lowest BCUT2D eigenvalue weighted by atomic mass is 10.2. The third kappa shape index (κ3) is 4.14. The second-order valence-electron chi connectivity index (χ2n) is 5.56. The Balaban J connectivity index is 1.72. The Morgan fingerprint density at radius 1 is 1.29 bits per heavy atom. The van der Waals surface area contributed by atoms with Gasteiger partial charge in [0.2, 0.25) is 5.95 Å². The highest BCUT2D eigenvalue weighted by Crippen LogP contribution is 2.26. The zero-order chi connectivity index (χ0) is 17.0. The van der Waals surface area contributed by atoms with Crippen LogP contribution in [0.25, 0.3) is 0 Å². The molecule has 128 valence electrons. The Labute approximate surface area is 141 Å². The number of benzene rings is 1. The van der Waals surface area contributed by atoms with Crippen LogP contribution in [-0.2, 0) is 9.84 Å². The van der Waals surface area contributed by atoms with Gasteiger partial charge in [0, 0.05) is 12.2 Å². The van der Waals surface area contributed by atoms with Gasteiger partial charge in [-0.3, -0.25) is 0 Å². The molecule has 2 N–H and O–H groups in total. The van der Waals surface area contributed by atoms with Crippen molar-refractivity contribution in [2.24, 2.45) is 0 Å². The Hall–Kier alpha value is -2.35. The van der Waals surface area contributed by atoms with E-state index in [4.69, 9.17) is 4.74 Å². The van der Waals surface area contributed by atoms with Crippen LogP contribution < -0.4 is 15.4 Å². The van der Waals surface area contributed by atoms with E-state index in [0.29, 0.717) is 24.8 Å². The Bertz CT molecular complexity index is 810. The van der Waals surface area contributed by atoms with Gasteiger partial charge in [0.15, 0.2) is 9.84 Å². The predicted octanol–water partition coefficient (Wildman–Crippen LogP) is 2.22. The Morgan fingerprint density at radius 3 is 2.88 bits per heavy atom. The number of anilines is 3. The molecule has 0 aliphatic carbocycles. The van der Waals surface area contributed by atoms with E-state index in [0.717, 1.165) is 11.4 Å². The van der Waals surface area contributed by atoms with Crippen LogP contribution in [-0.4, -0.2) is 42.5 Å². The maximum atomic E-state index is 11.5. The van der Waals surface area contributed by atoms with E-state index in [2.05, 4.69) is 20.6 Å². The third-order valence-electron chi connectivity index (χ3n) is 3.67. The summed E-state index contributed by atoms with van der Waals surface area (Å²) in [5.74, 6) is 2.12. The lowest BCUT2D eigenvalue weighted by Gasteiger charge is -2.14. The van der Waals surface area contributed by atoms with Crippen molar-refractivity contribution >= 4 is 27.3 Å². The summed E-state index contributed by atoms with van der Waals surface area (Å²) < 4.78 is 28.6. The van der Waals surface area contributed by atoms with Crippen LogP contribution >= 0.6 is 0 Å². The molecule has 0 radical (unpaired) electrons.